The largest absolute Gasteiger partial charge is 0.493 e. The van der Waals surface area contributed by atoms with E-state index in [4.69, 9.17) is 18.6 Å². The number of ether oxygens (including phenoxy) is 3. The second kappa shape index (κ2) is 9.62. The van der Waals surface area contributed by atoms with Crippen LogP contribution in [0.3, 0.4) is 0 Å². The van der Waals surface area contributed by atoms with E-state index < -0.39 is 6.10 Å². The van der Waals surface area contributed by atoms with Crippen molar-refractivity contribution in [3.05, 3.63) is 49.0 Å². The smallest absolute Gasteiger partial charge is 0.163 e. The molecule has 1 saturated heterocycles. The fourth-order valence-electron chi connectivity index (χ4n) is 3.99. The average molecular weight is 450 g/mol. The molecule has 9 heteroatoms. The topological polar surface area (TPSA) is 102 Å². The molecule has 172 valence electrons. The lowest BCUT2D eigenvalue weighted by atomic mass is 10.2. The summed E-state index contributed by atoms with van der Waals surface area (Å²) < 4.78 is 22.3. The van der Waals surface area contributed by atoms with Gasteiger partial charge in [0.1, 0.15) is 30.4 Å². The molecule has 0 spiro atoms. The summed E-state index contributed by atoms with van der Waals surface area (Å²) in [7, 11) is 1.58. The van der Waals surface area contributed by atoms with Gasteiger partial charge in [0, 0.05) is 36.5 Å². The molecule has 4 aromatic rings. The summed E-state index contributed by atoms with van der Waals surface area (Å²) in [6.07, 6.45) is 2.54. The van der Waals surface area contributed by atoms with E-state index >= 15 is 0 Å². The molecule has 2 aromatic carbocycles. The van der Waals surface area contributed by atoms with Crippen molar-refractivity contribution < 1.29 is 23.7 Å². The Morgan fingerprint density at radius 3 is 2.85 bits per heavy atom. The van der Waals surface area contributed by atoms with E-state index in [-0.39, 0.29) is 6.61 Å². The molecule has 0 bridgehead atoms. The van der Waals surface area contributed by atoms with Gasteiger partial charge in [0.15, 0.2) is 11.5 Å². The van der Waals surface area contributed by atoms with Crippen LogP contribution in [0.5, 0.6) is 11.5 Å². The number of aliphatic hydroxyl groups excluding tert-OH is 1. The maximum Gasteiger partial charge on any atom is 0.163 e. The molecule has 0 saturated carbocycles. The van der Waals surface area contributed by atoms with Gasteiger partial charge < -0.3 is 29.1 Å². The molecule has 3 heterocycles. The molecule has 1 fully saturated rings. The minimum Gasteiger partial charge on any atom is -0.493 e. The summed E-state index contributed by atoms with van der Waals surface area (Å²) in [4.78, 5) is 11.0. The number of hydrogen-bond acceptors (Lipinski definition) is 9. The first-order valence-corrected chi connectivity index (χ1v) is 10.9. The monoisotopic (exact) mass is 450 g/mol. The minimum absolute atomic E-state index is 0.151. The minimum atomic E-state index is -0.624. The van der Waals surface area contributed by atoms with Crippen LogP contribution < -0.4 is 14.8 Å². The molecule has 2 aromatic heterocycles. The van der Waals surface area contributed by atoms with Gasteiger partial charge >= 0.3 is 0 Å². The van der Waals surface area contributed by atoms with Crippen molar-refractivity contribution in [1.29, 1.82) is 0 Å². The number of benzene rings is 2. The Hall–Kier alpha value is -3.40. The van der Waals surface area contributed by atoms with Gasteiger partial charge in [0.25, 0.3) is 0 Å². The van der Waals surface area contributed by atoms with E-state index in [1.54, 1.807) is 19.4 Å². The highest BCUT2D eigenvalue weighted by molar-refractivity contribution is 5.97. The Morgan fingerprint density at radius 2 is 2.00 bits per heavy atom. The van der Waals surface area contributed by atoms with Crippen molar-refractivity contribution >= 4 is 33.4 Å². The van der Waals surface area contributed by atoms with E-state index in [0.717, 1.165) is 35.1 Å². The lowest BCUT2D eigenvalue weighted by molar-refractivity contribution is 0.00446. The highest BCUT2D eigenvalue weighted by Gasteiger charge is 2.17. The van der Waals surface area contributed by atoms with Crippen LogP contribution in [0.15, 0.2) is 53.4 Å². The summed E-state index contributed by atoms with van der Waals surface area (Å²) in [6, 6.07) is 11.4. The van der Waals surface area contributed by atoms with E-state index in [2.05, 4.69) is 20.2 Å². The molecule has 0 amide bonds. The first kappa shape index (κ1) is 21.4. The number of β-amino-alcohol motifs (C(OH)–C–C–N with tert-alkyl or cyclic N) is 1. The summed E-state index contributed by atoms with van der Waals surface area (Å²) in [5.41, 5.74) is 2.37. The van der Waals surface area contributed by atoms with Crippen LogP contribution in [0.2, 0.25) is 0 Å². The lowest BCUT2D eigenvalue weighted by Crippen LogP contribution is -2.42. The van der Waals surface area contributed by atoms with E-state index in [9.17, 15) is 5.11 Å². The average Bonchev–Trinajstić information content (AvgIpc) is 3.33. The molecule has 0 aliphatic carbocycles. The van der Waals surface area contributed by atoms with Crippen LogP contribution in [-0.2, 0) is 4.74 Å². The predicted molar refractivity (Wildman–Crippen MR) is 124 cm³/mol. The molecule has 1 unspecified atom stereocenters. The van der Waals surface area contributed by atoms with Crippen LogP contribution in [-0.4, -0.2) is 72.6 Å². The van der Waals surface area contributed by atoms with Gasteiger partial charge in [-0.15, -0.1) is 0 Å². The van der Waals surface area contributed by atoms with Crippen molar-refractivity contribution in [2.45, 2.75) is 6.10 Å². The molecule has 33 heavy (non-hydrogen) atoms. The summed E-state index contributed by atoms with van der Waals surface area (Å²) in [5, 5.41) is 15.6. The van der Waals surface area contributed by atoms with Crippen LogP contribution in [0.4, 0.5) is 11.5 Å². The highest BCUT2D eigenvalue weighted by Crippen LogP contribution is 2.36. The molecule has 1 atom stereocenters. The Balaban J connectivity index is 1.36. The number of morpholine rings is 1. The molecule has 0 radical (unpaired) electrons. The maximum atomic E-state index is 10.4. The quantitative estimate of drug-likeness (QED) is 0.419. The first-order chi connectivity index (χ1) is 16.2. The van der Waals surface area contributed by atoms with Crippen molar-refractivity contribution in [2.75, 3.05) is 51.9 Å². The Labute approximate surface area is 190 Å². The van der Waals surface area contributed by atoms with Crippen LogP contribution in [0.1, 0.15) is 0 Å². The van der Waals surface area contributed by atoms with E-state index in [1.807, 2.05) is 30.3 Å². The summed E-state index contributed by atoms with van der Waals surface area (Å²) >= 11 is 0. The van der Waals surface area contributed by atoms with Gasteiger partial charge in [-0.2, -0.15) is 0 Å². The second-order valence-corrected chi connectivity index (χ2v) is 7.88. The Bertz CT molecular complexity index is 1240. The van der Waals surface area contributed by atoms with Gasteiger partial charge in [-0.25, -0.2) is 9.97 Å². The SMILES string of the molecule is COc1cc2c(Nc3cccc4occc34)ncnc2cc1OCC(O)CN1CCOCC1. The number of anilines is 2. The highest BCUT2D eigenvalue weighted by atomic mass is 16.5. The molecular formula is C24H26N4O5. The van der Waals surface area contributed by atoms with Gasteiger partial charge in [-0.05, 0) is 24.3 Å². The third-order valence-electron chi connectivity index (χ3n) is 5.67. The molecule has 2 N–H and O–H groups in total. The van der Waals surface area contributed by atoms with Gasteiger partial charge in [-0.1, -0.05) is 6.07 Å². The number of nitrogens with zero attached hydrogens (tertiary/aromatic N) is 3. The van der Waals surface area contributed by atoms with Gasteiger partial charge in [0.05, 0.1) is 37.8 Å². The number of furan rings is 1. The lowest BCUT2D eigenvalue weighted by Gasteiger charge is -2.28. The fourth-order valence-corrected chi connectivity index (χ4v) is 3.99. The number of aliphatic hydroxyl groups is 1. The van der Waals surface area contributed by atoms with Crippen molar-refractivity contribution in [3.8, 4) is 11.5 Å². The number of nitrogens with one attached hydrogen (secondary N) is 1. The van der Waals surface area contributed by atoms with Crippen molar-refractivity contribution in [2.24, 2.45) is 0 Å². The van der Waals surface area contributed by atoms with Crippen LogP contribution in [0.25, 0.3) is 21.9 Å². The molecular weight excluding hydrogens is 424 g/mol. The zero-order chi connectivity index (χ0) is 22.6. The predicted octanol–water partition coefficient (Wildman–Crippen LogP) is 3.20. The molecule has 1 aliphatic rings. The van der Waals surface area contributed by atoms with Crippen molar-refractivity contribution in [3.63, 3.8) is 0 Å². The first-order valence-electron chi connectivity index (χ1n) is 10.9. The van der Waals surface area contributed by atoms with E-state index in [1.165, 1.54) is 6.33 Å². The van der Waals surface area contributed by atoms with Crippen molar-refractivity contribution in [1.82, 2.24) is 14.9 Å². The summed E-state index contributed by atoms with van der Waals surface area (Å²) in [5.74, 6) is 1.71. The Morgan fingerprint density at radius 1 is 1.12 bits per heavy atom. The number of hydrogen-bond donors (Lipinski definition) is 2. The number of methoxy groups -OCH3 is 1. The zero-order valence-electron chi connectivity index (χ0n) is 18.4. The summed E-state index contributed by atoms with van der Waals surface area (Å²) in [6.45, 7) is 3.70. The normalized spacial score (nSPS) is 15.6. The fraction of sp³-hybridized carbons (Fsp3) is 0.333. The Kier molecular flexibility index (Phi) is 6.25. The molecule has 1 aliphatic heterocycles. The standard InChI is InChI=1S/C24H26N4O5/c1-30-22-11-18-20(12-23(22)33-14-16(29)13-28-6-9-31-10-7-28)25-15-26-24(18)27-19-3-2-4-21-17(19)5-8-32-21/h2-5,8,11-12,15-16,29H,6-7,9-10,13-14H2,1H3,(H,25,26,27). The third-order valence-corrected chi connectivity index (χ3v) is 5.67. The van der Waals surface area contributed by atoms with Crippen LogP contribution in [0, 0.1) is 0 Å². The van der Waals surface area contributed by atoms with Gasteiger partial charge in [-0.3, -0.25) is 4.90 Å². The molecule has 5 rings (SSSR count). The second-order valence-electron chi connectivity index (χ2n) is 7.88. The zero-order valence-corrected chi connectivity index (χ0v) is 18.4. The number of rotatable bonds is 8. The van der Waals surface area contributed by atoms with Crippen LogP contribution >= 0.6 is 0 Å². The third kappa shape index (κ3) is 4.70. The number of aromatic nitrogens is 2. The maximum absolute atomic E-state index is 10.4. The van der Waals surface area contributed by atoms with E-state index in [0.29, 0.717) is 42.6 Å². The molecule has 9 nitrogen and oxygen atoms in total. The van der Waals surface area contributed by atoms with Gasteiger partial charge in [0.2, 0.25) is 0 Å². The number of fused-ring (bicyclic) bond motifs is 2.